The summed E-state index contributed by atoms with van der Waals surface area (Å²) in [5, 5.41) is 16.5. The number of likely N-dealkylation sites (tertiary alicyclic amines) is 1. The average Bonchev–Trinajstić information content (AvgIpc) is 2.96. The highest BCUT2D eigenvalue weighted by Gasteiger charge is 2.38. The maximum absolute atomic E-state index is 12.2. The van der Waals surface area contributed by atoms with Gasteiger partial charge in [-0.3, -0.25) is 4.68 Å². The van der Waals surface area contributed by atoms with Crippen molar-refractivity contribution in [2.24, 2.45) is 0 Å². The first-order valence-corrected chi connectivity index (χ1v) is 6.88. The van der Waals surface area contributed by atoms with Crippen LogP contribution in [0.1, 0.15) is 26.7 Å². The quantitative estimate of drug-likeness (QED) is 0.892. The predicted molar refractivity (Wildman–Crippen MR) is 73.3 cm³/mol. The number of aliphatic hydroxyl groups is 1. The summed E-state index contributed by atoms with van der Waals surface area (Å²) >= 11 is 0. The number of urea groups is 1. The second-order valence-corrected chi connectivity index (χ2v) is 5.78. The highest BCUT2D eigenvalue weighted by molar-refractivity contribution is 5.89. The second-order valence-electron chi connectivity index (χ2n) is 5.78. The van der Waals surface area contributed by atoms with Gasteiger partial charge in [-0.15, -0.1) is 0 Å². The lowest BCUT2D eigenvalue weighted by Crippen LogP contribution is -2.49. The first-order valence-electron chi connectivity index (χ1n) is 6.88. The first kappa shape index (κ1) is 15.7. The van der Waals surface area contributed by atoms with Crippen molar-refractivity contribution in [2.45, 2.75) is 51.3 Å². The van der Waals surface area contributed by atoms with Crippen LogP contribution in [0.5, 0.6) is 0 Å². The third-order valence-electron chi connectivity index (χ3n) is 3.54. The molecule has 0 radical (unpaired) electrons. The van der Waals surface area contributed by atoms with E-state index < -0.39 is 18.6 Å². The molecule has 1 saturated heterocycles. The molecule has 118 valence electrons. The van der Waals surface area contributed by atoms with Crippen LogP contribution in [0.25, 0.3) is 0 Å². The summed E-state index contributed by atoms with van der Waals surface area (Å²) in [6.07, 6.45) is 1.76. The van der Waals surface area contributed by atoms with Crippen LogP contribution in [0, 0.1) is 0 Å². The number of halogens is 2. The number of hydrogen-bond acceptors (Lipinski definition) is 3. The Morgan fingerprint density at radius 1 is 1.62 bits per heavy atom. The molecule has 2 heterocycles. The molecule has 21 heavy (non-hydrogen) atoms. The Hall–Kier alpha value is -1.70. The summed E-state index contributed by atoms with van der Waals surface area (Å²) in [6, 6.07) is -0.607. The van der Waals surface area contributed by atoms with Gasteiger partial charge in [0.2, 0.25) is 0 Å². The number of nitrogens with zero attached hydrogens (tertiary/aromatic N) is 3. The lowest BCUT2D eigenvalue weighted by molar-refractivity contribution is 0.0117. The molecule has 2 N–H and O–H groups in total. The molecule has 1 aliphatic rings. The number of alkyl halides is 2. The third-order valence-corrected chi connectivity index (χ3v) is 3.54. The third kappa shape index (κ3) is 3.90. The van der Waals surface area contributed by atoms with E-state index >= 15 is 0 Å². The molecule has 2 rings (SSSR count). The Morgan fingerprint density at radius 2 is 2.33 bits per heavy atom. The zero-order chi connectivity index (χ0) is 15.6. The SMILES string of the molecule is CC(C)(O)C1CCCN1C(=O)Nc1cnn(CC(F)F)c1. The number of carbonyl (C=O) groups is 1. The van der Waals surface area contributed by atoms with E-state index in [0.29, 0.717) is 12.2 Å². The molecule has 0 saturated carbocycles. The molecule has 8 heteroatoms. The molecule has 1 unspecified atom stereocenters. The van der Waals surface area contributed by atoms with Crippen LogP contribution in [-0.4, -0.2) is 50.4 Å². The number of rotatable bonds is 4. The summed E-state index contributed by atoms with van der Waals surface area (Å²) < 4.78 is 25.6. The van der Waals surface area contributed by atoms with Crippen LogP contribution < -0.4 is 5.32 Å². The number of nitrogens with one attached hydrogen (secondary N) is 1. The molecule has 0 aliphatic carbocycles. The summed E-state index contributed by atoms with van der Waals surface area (Å²) in [5.41, 5.74) is -0.615. The normalized spacial score (nSPS) is 19.3. The number of amides is 2. The van der Waals surface area contributed by atoms with E-state index in [4.69, 9.17) is 0 Å². The fraction of sp³-hybridized carbons (Fsp3) is 0.692. The van der Waals surface area contributed by atoms with Gasteiger partial charge in [-0.25, -0.2) is 13.6 Å². The monoisotopic (exact) mass is 302 g/mol. The minimum absolute atomic E-state index is 0.256. The predicted octanol–water partition coefficient (Wildman–Crippen LogP) is 1.92. The van der Waals surface area contributed by atoms with Crippen molar-refractivity contribution in [3.8, 4) is 0 Å². The Labute approximate surface area is 121 Å². The standard InChI is InChI=1S/C13H20F2N4O2/c1-13(2,21)10-4-3-5-19(10)12(20)17-9-6-16-18(7-9)8-11(14)15/h6-7,10-11,21H,3-5,8H2,1-2H3,(H,17,20). The van der Waals surface area contributed by atoms with Crippen LogP contribution in [0.15, 0.2) is 12.4 Å². The van der Waals surface area contributed by atoms with Crippen molar-refractivity contribution in [3.05, 3.63) is 12.4 Å². The van der Waals surface area contributed by atoms with Gasteiger partial charge in [0.15, 0.2) is 0 Å². The van der Waals surface area contributed by atoms with Crippen LogP contribution in [0.4, 0.5) is 19.3 Å². The van der Waals surface area contributed by atoms with Crippen molar-refractivity contribution in [2.75, 3.05) is 11.9 Å². The van der Waals surface area contributed by atoms with E-state index in [0.717, 1.165) is 17.5 Å². The minimum atomic E-state index is -2.49. The van der Waals surface area contributed by atoms with E-state index in [1.54, 1.807) is 18.7 Å². The molecule has 1 fully saturated rings. The van der Waals surface area contributed by atoms with Gasteiger partial charge >= 0.3 is 6.03 Å². The lowest BCUT2D eigenvalue weighted by Gasteiger charge is -2.33. The van der Waals surface area contributed by atoms with E-state index in [-0.39, 0.29) is 12.1 Å². The fourth-order valence-corrected chi connectivity index (χ4v) is 2.61. The van der Waals surface area contributed by atoms with E-state index in [9.17, 15) is 18.7 Å². The van der Waals surface area contributed by atoms with Gasteiger partial charge in [-0.2, -0.15) is 5.10 Å². The smallest absolute Gasteiger partial charge is 0.322 e. The number of aromatic nitrogens is 2. The largest absolute Gasteiger partial charge is 0.388 e. The molecule has 1 aliphatic heterocycles. The molecule has 0 aromatic carbocycles. The molecule has 0 spiro atoms. The van der Waals surface area contributed by atoms with Crippen molar-refractivity contribution < 1.29 is 18.7 Å². The molecular weight excluding hydrogens is 282 g/mol. The second kappa shape index (κ2) is 5.97. The van der Waals surface area contributed by atoms with Crippen molar-refractivity contribution in [1.82, 2.24) is 14.7 Å². The van der Waals surface area contributed by atoms with Gasteiger partial charge in [0.25, 0.3) is 6.43 Å². The first-order chi connectivity index (χ1) is 9.77. The van der Waals surface area contributed by atoms with Gasteiger partial charge in [0, 0.05) is 12.7 Å². The summed E-state index contributed by atoms with van der Waals surface area (Å²) in [6.45, 7) is 3.39. The Morgan fingerprint density at radius 3 is 2.95 bits per heavy atom. The van der Waals surface area contributed by atoms with Gasteiger partial charge in [-0.05, 0) is 26.7 Å². The number of anilines is 1. The summed E-state index contributed by atoms with van der Waals surface area (Å²) in [4.78, 5) is 13.8. The number of hydrogen-bond donors (Lipinski definition) is 2. The van der Waals surface area contributed by atoms with Gasteiger partial charge in [0.1, 0.15) is 6.54 Å². The summed E-state index contributed by atoms with van der Waals surface area (Å²) in [7, 11) is 0. The Balaban J connectivity index is 1.99. The van der Waals surface area contributed by atoms with E-state index in [1.165, 1.54) is 12.4 Å². The highest BCUT2D eigenvalue weighted by Crippen LogP contribution is 2.27. The highest BCUT2D eigenvalue weighted by atomic mass is 19.3. The van der Waals surface area contributed by atoms with Gasteiger partial charge in [0.05, 0.1) is 23.5 Å². The Bertz CT molecular complexity index is 499. The van der Waals surface area contributed by atoms with Crippen LogP contribution >= 0.6 is 0 Å². The molecular formula is C13H20F2N4O2. The molecule has 6 nitrogen and oxygen atoms in total. The number of carbonyl (C=O) groups excluding carboxylic acids is 1. The van der Waals surface area contributed by atoms with Crippen molar-refractivity contribution in [3.63, 3.8) is 0 Å². The lowest BCUT2D eigenvalue weighted by atomic mass is 9.97. The fourth-order valence-electron chi connectivity index (χ4n) is 2.61. The Kier molecular flexibility index (Phi) is 4.46. The zero-order valence-corrected chi connectivity index (χ0v) is 12.1. The van der Waals surface area contributed by atoms with Crippen molar-refractivity contribution in [1.29, 1.82) is 0 Å². The zero-order valence-electron chi connectivity index (χ0n) is 12.1. The van der Waals surface area contributed by atoms with E-state index in [2.05, 4.69) is 10.4 Å². The minimum Gasteiger partial charge on any atom is -0.388 e. The van der Waals surface area contributed by atoms with Crippen LogP contribution in [-0.2, 0) is 6.54 Å². The maximum Gasteiger partial charge on any atom is 0.322 e. The molecule has 1 aromatic rings. The van der Waals surface area contributed by atoms with Crippen LogP contribution in [0.3, 0.4) is 0 Å². The molecule has 2 amide bonds. The summed E-state index contributed by atoms with van der Waals surface area (Å²) in [5.74, 6) is 0. The maximum atomic E-state index is 12.2. The van der Waals surface area contributed by atoms with Gasteiger partial charge < -0.3 is 15.3 Å². The molecule has 1 atom stereocenters. The van der Waals surface area contributed by atoms with Crippen LogP contribution in [0.2, 0.25) is 0 Å². The molecule has 1 aromatic heterocycles. The molecule has 0 bridgehead atoms. The average molecular weight is 302 g/mol. The van der Waals surface area contributed by atoms with Gasteiger partial charge in [-0.1, -0.05) is 0 Å². The van der Waals surface area contributed by atoms with Crippen molar-refractivity contribution >= 4 is 11.7 Å². The van der Waals surface area contributed by atoms with E-state index in [1.807, 2.05) is 0 Å². The topological polar surface area (TPSA) is 70.4 Å².